The summed E-state index contributed by atoms with van der Waals surface area (Å²) in [6, 6.07) is 1.43. The van der Waals surface area contributed by atoms with E-state index < -0.39 is 23.8 Å². The Morgan fingerprint density at radius 3 is 2.61 bits per heavy atom. The van der Waals surface area contributed by atoms with Gasteiger partial charge in [-0.25, -0.2) is 18.2 Å². The standard InChI is InChI=1S/C19H22F3N5O/c20-12-1-2-25(8-15(12)23)19-24-16-4-13(21)14(22)5-17(16)27(19)9-18(28)26-6-10-3-11(10)7-26/h4-5,10-12,15H,1-3,6-9,23H2/t10-,11+,12-,15-/m1/s1. The lowest BCUT2D eigenvalue weighted by Crippen LogP contribution is -2.50. The molecular weight excluding hydrogens is 371 g/mol. The number of likely N-dealkylation sites (tertiary alicyclic amines) is 1. The second kappa shape index (κ2) is 6.37. The summed E-state index contributed by atoms with van der Waals surface area (Å²) in [5.74, 6) is -0.433. The second-order valence-corrected chi connectivity index (χ2v) is 8.22. The molecule has 2 N–H and O–H groups in total. The average molecular weight is 393 g/mol. The van der Waals surface area contributed by atoms with Crippen molar-refractivity contribution in [2.45, 2.75) is 31.6 Å². The summed E-state index contributed by atoms with van der Waals surface area (Å²) in [5.41, 5.74) is 6.49. The number of alkyl halides is 1. The number of hydrogen-bond donors (Lipinski definition) is 1. The number of aromatic nitrogens is 2. The number of hydrogen-bond acceptors (Lipinski definition) is 4. The molecule has 150 valence electrons. The molecular formula is C19H22F3N5O. The minimum atomic E-state index is -1.10. The lowest BCUT2D eigenvalue weighted by atomic mass is 10.1. The van der Waals surface area contributed by atoms with E-state index >= 15 is 0 Å². The van der Waals surface area contributed by atoms with Crippen molar-refractivity contribution in [2.24, 2.45) is 17.6 Å². The Balaban J connectivity index is 1.50. The third-order valence-electron chi connectivity index (χ3n) is 6.25. The Morgan fingerprint density at radius 1 is 1.18 bits per heavy atom. The third-order valence-corrected chi connectivity index (χ3v) is 6.25. The lowest BCUT2D eigenvalue weighted by molar-refractivity contribution is -0.131. The Labute approximate surface area is 160 Å². The van der Waals surface area contributed by atoms with Gasteiger partial charge in [-0.1, -0.05) is 0 Å². The first-order valence-corrected chi connectivity index (χ1v) is 9.68. The predicted octanol–water partition coefficient (Wildman–Crippen LogP) is 1.67. The normalized spacial score (nSPS) is 29.4. The first kappa shape index (κ1) is 17.8. The topological polar surface area (TPSA) is 67.4 Å². The largest absolute Gasteiger partial charge is 0.341 e. The minimum Gasteiger partial charge on any atom is -0.341 e. The van der Waals surface area contributed by atoms with E-state index in [0.717, 1.165) is 25.2 Å². The van der Waals surface area contributed by atoms with Crippen molar-refractivity contribution in [3.63, 3.8) is 0 Å². The fourth-order valence-corrected chi connectivity index (χ4v) is 4.48. The van der Waals surface area contributed by atoms with Crippen LogP contribution >= 0.6 is 0 Å². The van der Waals surface area contributed by atoms with Gasteiger partial charge in [-0.15, -0.1) is 0 Å². The predicted molar refractivity (Wildman–Crippen MR) is 97.5 cm³/mol. The van der Waals surface area contributed by atoms with E-state index in [-0.39, 0.29) is 30.9 Å². The van der Waals surface area contributed by atoms with Crippen LogP contribution < -0.4 is 10.6 Å². The lowest BCUT2D eigenvalue weighted by Gasteiger charge is -2.34. The number of carbonyl (C=O) groups excluding carboxylic acids is 1. The zero-order valence-corrected chi connectivity index (χ0v) is 15.3. The molecule has 2 aliphatic heterocycles. The highest BCUT2D eigenvalue weighted by Gasteiger charge is 2.46. The van der Waals surface area contributed by atoms with Crippen molar-refractivity contribution in [1.29, 1.82) is 0 Å². The van der Waals surface area contributed by atoms with Crippen molar-refractivity contribution < 1.29 is 18.0 Å². The molecule has 3 fully saturated rings. The van der Waals surface area contributed by atoms with Crippen molar-refractivity contribution in [1.82, 2.24) is 14.5 Å². The van der Waals surface area contributed by atoms with Gasteiger partial charge >= 0.3 is 0 Å². The first-order valence-electron chi connectivity index (χ1n) is 9.68. The number of carbonyl (C=O) groups is 1. The van der Waals surface area contributed by atoms with Crippen LogP contribution in [-0.4, -0.2) is 58.8 Å². The van der Waals surface area contributed by atoms with Crippen molar-refractivity contribution in [2.75, 3.05) is 31.1 Å². The molecule has 2 aromatic rings. The Morgan fingerprint density at radius 2 is 1.89 bits per heavy atom. The van der Waals surface area contributed by atoms with Gasteiger partial charge in [0.15, 0.2) is 11.6 Å². The number of nitrogens with zero attached hydrogens (tertiary/aromatic N) is 4. The number of piperidine rings is 2. The van der Waals surface area contributed by atoms with Crippen LogP contribution in [-0.2, 0) is 11.3 Å². The summed E-state index contributed by atoms with van der Waals surface area (Å²) in [6.07, 6.45) is 0.335. The number of imidazole rings is 1. The monoisotopic (exact) mass is 393 g/mol. The molecule has 0 bridgehead atoms. The molecule has 3 aliphatic rings. The molecule has 1 aromatic carbocycles. The summed E-state index contributed by atoms with van der Waals surface area (Å²) in [7, 11) is 0. The zero-order chi connectivity index (χ0) is 19.6. The molecule has 1 amide bonds. The van der Waals surface area contributed by atoms with Crippen LogP contribution in [0.5, 0.6) is 0 Å². The molecule has 3 heterocycles. The van der Waals surface area contributed by atoms with Gasteiger partial charge in [-0.3, -0.25) is 4.79 Å². The maximum atomic E-state index is 13.9. The molecule has 0 radical (unpaired) electrons. The minimum absolute atomic E-state index is 0.0128. The molecule has 28 heavy (non-hydrogen) atoms. The summed E-state index contributed by atoms with van der Waals surface area (Å²) in [4.78, 5) is 20.9. The van der Waals surface area contributed by atoms with Gasteiger partial charge in [0.1, 0.15) is 12.7 Å². The van der Waals surface area contributed by atoms with Gasteiger partial charge < -0.3 is 20.1 Å². The van der Waals surface area contributed by atoms with E-state index in [9.17, 15) is 18.0 Å². The number of benzene rings is 1. The smallest absolute Gasteiger partial charge is 0.242 e. The van der Waals surface area contributed by atoms with Crippen LogP contribution in [0.15, 0.2) is 12.1 Å². The second-order valence-electron chi connectivity index (χ2n) is 8.22. The molecule has 4 atom stereocenters. The van der Waals surface area contributed by atoms with Crippen LogP contribution in [0.3, 0.4) is 0 Å². The Kier molecular flexibility index (Phi) is 4.04. The fraction of sp³-hybridized carbons (Fsp3) is 0.579. The third kappa shape index (κ3) is 2.92. The molecule has 2 saturated heterocycles. The SMILES string of the molecule is N[C@@H]1CN(c2nc3cc(F)c(F)cc3n2CC(=O)N2C[C@H]3C[C@H]3C2)CC[C@H]1F. The Bertz CT molecular complexity index is 937. The van der Waals surface area contributed by atoms with E-state index in [0.29, 0.717) is 29.8 Å². The highest BCUT2D eigenvalue weighted by molar-refractivity contribution is 5.83. The molecule has 1 aromatic heterocycles. The van der Waals surface area contributed by atoms with Crippen LogP contribution in [0.4, 0.5) is 19.1 Å². The maximum absolute atomic E-state index is 13.9. The van der Waals surface area contributed by atoms with Gasteiger partial charge in [0.2, 0.25) is 11.9 Å². The van der Waals surface area contributed by atoms with Gasteiger partial charge in [-0.05, 0) is 24.7 Å². The quantitative estimate of drug-likeness (QED) is 0.862. The number of rotatable bonds is 3. The van der Waals surface area contributed by atoms with Crippen LogP contribution in [0.1, 0.15) is 12.8 Å². The van der Waals surface area contributed by atoms with Gasteiger partial charge in [0.25, 0.3) is 0 Å². The molecule has 0 spiro atoms. The van der Waals surface area contributed by atoms with Crippen molar-refractivity contribution in [3.8, 4) is 0 Å². The van der Waals surface area contributed by atoms with Gasteiger partial charge in [-0.2, -0.15) is 0 Å². The molecule has 1 aliphatic carbocycles. The molecule has 5 rings (SSSR count). The van der Waals surface area contributed by atoms with Crippen LogP contribution in [0.2, 0.25) is 0 Å². The first-order chi connectivity index (χ1) is 13.4. The fourth-order valence-electron chi connectivity index (χ4n) is 4.48. The molecule has 9 heteroatoms. The summed E-state index contributed by atoms with van der Waals surface area (Å²) >= 11 is 0. The van der Waals surface area contributed by atoms with E-state index in [2.05, 4.69) is 4.98 Å². The van der Waals surface area contributed by atoms with Crippen molar-refractivity contribution in [3.05, 3.63) is 23.8 Å². The van der Waals surface area contributed by atoms with Gasteiger partial charge in [0, 0.05) is 38.3 Å². The highest BCUT2D eigenvalue weighted by Crippen LogP contribution is 2.45. The molecule has 1 saturated carbocycles. The van der Waals surface area contributed by atoms with Crippen LogP contribution in [0.25, 0.3) is 11.0 Å². The van der Waals surface area contributed by atoms with E-state index in [1.165, 1.54) is 6.42 Å². The van der Waals surface area contributed by atoms with E-state index in [1.54, 1.807) is 9.47 Å². The number of anilines is 1. The number of nitrogens with two attached hydrogens (primary N) is 1. The van der Waals surface area contributed by atoms with Gasteiger partial charge in [0.05, 0.1) is 17.1 Å². The number of amides is 1. The average Bonchev–Trinajstić information content (AvgIpc) is 3.12. The summed E-state index contributed by atoms with van der Waals surface area (Å²) < 4.78 is 43.0. The van der Waals surface area contributed by atoms with E-state index in [4.69, 9.17) is 5.73 Å². The van der Waals surface area contributed by atoms with Crippen molar-refractivity contribution >= 4 is 22.9 Å². The molecule has 0 unspecified atom stereocenters. The maximum Gasteiger partial charge on any atom is 0.242 e. The molecule has 6 nitrogen and oxygen atoms in total. The number of fused-ring (bicyclic) bond motifs is 2. The number of halogens is 3. The Hall–Kier alpha value is -2.29. The summed E-state index contributed by atoms with van der Waals surface area (Å²) in [5, 5.41) is 0. The highest BCUT2D eigenvalue weighted by atomic mass is 19.2. The van der Waals surface area contributed by atoms with Crippen LogP contribution in [0, 0.1) is 23.5 Å². The summed E-state index contributed by atoms with van der Waals surface area (Å²) in [6.45, 7) is 2.11. The zero-order valence-electron chi connectivity index (χ0n) is 15.3. The van der Waals surface area contributed by atoms with E-state index in [1.807, 2.05) is 4.90 Å².